The molecule has 1 aliphatic heterocycles. The molecule has 1 aromatic rings. The van der Waals surface area contributed by atoms with E-state index in [1.807, 2.05) is 30.3 Å². The van der Waals surface area contributed by atoms with Crippen LogP contribution in [0.5, 0.6) is 0 Å². The minimum atomic E-state index is -1.18. The smallest absolute Gasteiger partial charge is 0.342 e. The molecule has 2 rings (SSSR count). The first-order valence-corrected chi connectivity index (χ1v) is 8.26. The third kappa shape index (κ3) is 3.65. The van der Waals surface area contributed by atoms with Crippen molar-refractivity contribution in [2.24, 2.45) is 0 Å². The fourth-order valence-electron chi connectivity index (χ4n) is 2.09. The molecule has 0 aromatic heterocycles. The van der Waals surface area contributed by atoms with E-state index in [1.165, 1.54) is 16.7 Å². The van der Waals surface area contributed by atoms with Gasteiger partial charge in [0, 0.05) is 12.3 Å². The Hall–Kier alpha value is -0.910. The van der Waals surface area contributed by atoms with Crippen LogP contribution < -0.4 is 0 Å². The van der Waals surface area contributed by atoms with Crippen LogP contribution in [-0.4, -0.2) is 38.8 Å². The third-order valence-corrected chi connectivity index (χ3v) is 4.97. The molecule has 0 N–H and O–H groups in total. The Morgan fingerprint density at radius 3 is 2.67 bits per heavy atom. The molecule has 1 aliphatic rings. The van der Waals surface area contributed by atoms with Crippen LogP contribution in [0.3, 0.4) is 0 Å². The van der Waals surface area contributed by atoms with Crippen molar-refractivity contribution in [1.82, 2.24) is 4.90 Å². The molecule has 1 unspecified atom stereocenters. The summed E-state index contributed by atoms with van der Waals surface area (Å²) in [7, 11) is 0. The minimum Gasteiger partial charge on any atom is -0.458 e. The summed E-state index contributed by atoms with van der Waals surface area (Å²) in [5.74, 6) is -0.290. The van der Waals surface area contributed by atoms with Gasteiger partial charge in [-0.3, -0.25) is 4.79 Å². The third-order valence-electron chi connectivity index (χ3n) is 3.26. The predicted octanol–water partition coefficient (Wildman–Crippen LogP) is 2.83. The van der Waals surface area contributed by atoms with E-state index in [1.54, 1.807) is 6.92 Å². The number of thioether (sulfide) groups is 1. The lowest BCUT2D eigenvalue weighted by molar-refractivity contribution is -0.156. The second-order valence-corrected chi connectivity index (χ2v) is 7.27. The Labute approximate surface area is 137 Å². The van der Waals surface area contributed by atoms with Crippen molar-refractivity contribution in [2.75, 3.05) is 12.3 Å². The Kier molecular flexibility index (Phi) is 5.41. The molecule has 0 bridgehead atoms. The molecule has 7 heteroatoms. The van der Waals surface area contributed by atoms with E-state index in [9.17, 15) is 9.59 Å². The first kappa shape index (κ1) is 16.5. The molecule has 4 nitrogen and oxygen atoms in total. The van der Waals surface area contributed by atoms with Crippen LogP contribution >= 0.6 is 35.0 Å². The van der Waals surface area contributed by atoms with E-state index in [0.717, 1.165) is 5.56 Å². The molecule has 0 saturated carbocycles. The van der Waals surface area contributed by atoms with Gasteiger partial charge in [0.05, 0.1) is 0 Å². The average Bonchev–Trinajstić information content (AvgIpc) is 2.88. The summed E-state index contributed by atoms with van der Waals surface area (Å²) in [6.07, 6.45) is 0. The maximum Gasteiger partial charge on any atom is 0.342 e. The first-order chi connectivity index (χ1) is 9.95. The molecule has 21 heavy (non-hydrogen) atoms. The molecule has 1 amide bonds. The summed E-state index contributed by atoms with van der Waals surface area (Å²) in [5.41, 5.74) is 0.892. The maximum absolute atomic E-state index is 12.4. The zero-order valence-corrected chi connectivity index (χ0v) is 13.7. The Morgan fingerprint density at radius 2 is 2.05 bits per heavy atom. The minimum absolute atomic E-state index is 0.170. The fraction of sp³-hybridized carbons (Fsp3) is 0.429. The van der Waals surface area contributed by atoms with Crippen LogP contribution in [0.4, 0.5) is 0 Å². The highest BCUT2D eigenvalue weighted by Crippen LogP contribution is 2.38. The van der Waals surface area contributed by atoms with Gasteiger partial charge in [-0.1, -0.05) is 53.5 Å². The highest BCUT2D eigenvalue weighted by Gasteiger charge is 2.49. The molecule has 0 aliphatic carbocycles. The highest BCUT2D eigenvalue weighted by molar-refractivity contribution is 8.01. The molecule has 1 heterocycles. The number of ether oxygens (including phenoxy) is 1. The highest BCUT2D eigenvalue weighted by atomic mass is 35.5. The Bertz CT molecular complexity index is 526. The summed E-state index contributed by atoms with van der Waals surface area (Å²) in [6.45, 7) is 2.26. The number of benzene rings is 1. The van der Waals surface area contributed by atoms with Gasteiger partial charge < -0.3 is 9.64 Å². The summed E-state index contributed by atoms with van der Waals surface area (Å²) >= 11 is 12.6. The zero-order chi connectivity index (χ0) is 15.5. The topological polar surface area (TPSA) is 46.6 Å². The van der Waals surface area contributed by atoms with Gasteiger partial charge in [-0.05, 0) is 12.5 Å². The Morgan fingerprint density at radius 1 is 1.38 bits per heavy atom. The van der Waals surface area contributed by atoms with Gasteiger partial charge in [0.25, 0.3) is 5.91 Å². The van der Waals surface area contributed by atoms with Gasteiger partial charge in [0.2, 0.25) is 0 Å². The molecule has 1 atom stereocenters. The van der Waals surface area contributed by atoms with Crippen LogP contribution in [0.2, 0.25) is 0 Å². The molecule has 1 saturated heterocycles. The van der Waals surface area contributed by atoms with E-state index < -0.39 is 21.6 Å². The fourth-order valence-corrected chi connectivity index (χ4v) is 3.51. The van der Waals surface area contributed by atoms with Crippen LogP contribution in [-0.2, 0) is 20.9 Å². The Balaban J connectivity index is 2.04. The number of halogens is 2. The normalized spacial score (nSPS) is 21.6. The van der Waals surface area contributed by atoms with Crippen molar-refractivity contribution in [3.05, 3.63) is 35.9 Å². The number of hydrogen-bond acceptors (Lipinski definition) is 4. The van der Waals surface area contributed by atoms with Crippen molar-refractivity contribution < 1.29 is 14.3 Å². The van der Waals surface area contributed by atoms with E-state index in [0.29, 0.717) is 12.3 Å². The van der Waals surface area contributed by atoms with Gasteiger partial charge in [0.1, 0.15) is 6.61 Å². The number of amides is 1. The largest absolute Gasteiger partial charge is 0.458 e. The zero-order valence-electron chi connectivity index (χ0n) is 11.4. The SMILES string of the molecule is CC1(C(=O)OCc2ccccc2)SCCN1C(=O)C(Cl)Cl. The molecule has 1 aromatic carbocycles. The number of carbonyl (C=O) groups is 2. The summed E-state index contributed by atoms with van der Waals surface area (Å²) < 4.78 is 5.34. The number of esters is 1. The van der Waals surface area contributed by atoms with E-state index in [2.05, 4.69) is 0 Å². The number of hydrogen-bond donors (Lipinski definition) is 0. The van der Waals surface area contributed by atoms with Crippen molar-refractivity contribution in [1.29, 1.82) is 0 Å². The maximum atomic E-state index is 12.4. The molecule has 114 valence electrons. The predicted molar refractivity (Wildman–Crippen MR) is 84.3 cm³/mol. The first-order valence-electron chi connectivity index (χ1n) is 6.40. The second-order valence-electron chi connectivity index (χ2n) is 4.68. The van der Waals surface area contributed by atoms with Crippen molar-refractivity contribution in [2.45, 2.75) is 23.2 Å². The van der Waals surface area contributed by atoms with Crippen LogP contribution in [0.1, 0.15) is 12.5 Å². The van der Waals surface area contributed by atoms with Gasteiger partial charge in [-0.2, -0.15) is 0 Å². The van der Waals surface area contributed by atoms with Gasteiger partial charge in [-0.15, -0.1) is 11.8 Å². The van der Waals surface area contributed by atoms with E-state index in [4.69, 9.17) is 27.9 Å². The van der Waals surface area contributed by atoms with Crippen molar-refractivity contribution in [3.63, 3.8) is 0 Å². The van der Waals surface area contributed by atoms with Crippen molar-refractivity contribution in [3.8, 4) is 0 Å². The molecule has 0 spiro atoms. The monoisotopic (exact) mass is 347 g/mol. The molecular weight excluding hydrogens is 333 g/mol. The van der Waals surface area contributed by atoms with Gasteiger partial charge in [-0.25, -0.2) is 4.79 Å². The van der Waals surface area contributed by atoms with Gasteiger partial charge in [0.15, 0.2) is 9.71 Å². The lowest BCUT2D eigenvalue weighted by Crippen LogP contribution is -2.51. The standard InChI is InChI=1S/C14H15Cl2NO3S/c1-14(17(7-8-21-14)12(18)11(15)16)13(19)20-9-10-5-3-2-4-6-10/h2-6,11H,7-9H2,1H3. The van der Waals surface area contributed by atoms with E-state index >= 15 is 0 Å². The molecular formula is C14H15Cl2NO3S. The molecule has 0 radical (unpaired) electrons. The summed E-state index contributed by atoms with van der Waals surface area (Å²) in [5, 5.41) is 0. The number of carbonyl (C=O) groups excluding carboxylic acids is 2. The number of alkyl halides is 2. The van der Waals surface area contributed by atoms with Crippen LogP contribution in [0, 0.1) is 0 Å². The second kappa shape index (κ2) is 6.90. The summed E-state index contributed by atoms with van der Waals surface area (Å²) in [4.78, 5) is 23.5. The molecule has 1 fully saturated rings. The lowest BCUT2D eigenvalue weighted by Gasteiger charge is -2.32. The van der Waals surface area contributed by atoms with Crippen LogP contribution in [0.15, 0.2) is 30.3 Å². The number of nitrogens with zero attached hydrogens (tertiary/aromatic N) is 1. The average molecular weight is 348 g/mol. The van der Waals surface area contributed by atoms with Crippen LogP contribution in [0.25, 0.3) is 0 Å². The van der Waals surface area contributed by atoms with Crippen molar-refractivity contribution >= 4 is 46.8 Å². The quantitative estimate of drug-likeness (QED) is 0.620. The van der Waals surface area contributed by atoms with E-state index in [-0.39, 0.29) is 6.61 Å². The summed E-state index contributed by atoms with van der Waals surface area (Å²) in [6, 6.07) is 9.37. The number of rotatable bonds is 4. The lowest BCUT2D eigenvalue weighted by atomic mass is 10.2. The van der Waals surface area contributed by atoms with Gasteiger partial charge >= 0.3 is 5.97 Å².